The number of nitrogens with two attached hydrogens (primary N) is 1. The molecule has 0 unspecified atom stereocenters. The van der Waals surface area contributed by atoms with E-state index in [1.807, 2.05) is 46.7 Å². The van der Waals surface area contributed by atoms with E-state index in [1.54, 1.807) is 0 Å². The normalized spacial score (nSPS) is 14.2. The molecule has 39 heavy (non-hydrogen) atoms. The van der Waals surface area contributed by atoms with Crippen molar-refractivity contribution in [3.8, 4) is 0 Å². The molecule has 1 fully saturated rings. The summed E-state index contributed by atoms with van der Waals surface area (Å²) in [4.78, 5) is 50.6. The number of hydrogen-bond acceptors (Lipinski definition) is 11. The average molecular weight is 536 g/mol. The van der Waals surface area contributed by atoms with E-state index < -0.39 is 16.0 Å². The molecule has 0 aliphatic carbocycles. The number of nitrogens with one attached hydrogen (secondary N) is 1. The monoisotopic (exact) mass is 535 g/mol. The van der Waals surface area contributed by atoms with Gasteiger partial charge in [0.15, 0.2) is 11.0 Å². The van der Waals surface area contributed by atoms with E-state index in [4.69, 9.17) is 5.73 Å². The highest BCUT2D eigenvalue weighted by atomic mass is 16.6. The molecule has 0 radical (unpaired) electrons. The fraction of sp³-hybridized carbons (Fsp3) is 0.417. The van der Waals surface area contributed by atoms with Gasteiger partial charge in [0.25, 0.3) is 5.56 Å². The average Bonchev–Trinajstić information content (AvgIpc) is 3.49. The summed E-state index contributed by atoms with van der Waals surface area (Å²) in [5, 5.41) is 19.7. The number of anilines is 2. The van der Waals surface area contributed by atoms with Gasteiger partial charge in [-0.15, -0.1) is 5.10 Å². The first-order valence-electron chi connectivity index (χ1n) is 12.7. The molecule has 204 valence electrons. The number of imidazole rings is 1. The summed E-state index contributed by atoms with van der Waals surface area (Å²) >= 11 is 0. The number of nitro groups is 1. The minimum absolute atomic E-state index is 0.0414. The van der Waals surface area contributed by atoms with Crippen molar-refractivity contribution in [3.05, 3.63) is 72.5 Å². The van der Waals surface area contributed by atoms with Gasteiger partial charge in [0.2, 0.25) is 17.6 Å². The number of nitrogens with zero attached hydrogens (tertiary/aromatic N) is 9. The van der Waals surface area contributed by atoms with Gasteiger partial charge >= 0.3 is 11.4 Å². The minimum atomic E-state index is -0.713. The van der Waals surface area contributed by atoms with E-state index in [1.165, 1.54) is 4.68 Å². The SMILES string of the molecule is CCc1nc([N+](=O)[O-])c(N2CCN(CCCn3nnc4c(=O)nc(N)[nH]c(=O)c43)CC2)n1Cc1ccccc1. The van der Waals surface area contributed by atoms with Crippen LogP contribution in [0, 0.1) is 10.1 Å². The van der Waals surface area contributed by atoms with Gasteiger partial charge in [0.1, 0.15) is 0 Å². The van der Waals surface area contributed by atoms with Gasteiger partial charge in [0.05, 0.1) is 6.54 Å². The molecular formula is C24H29N11O4. The lowest BCUT2D eigenvalue weighted by molar-refractivity contribution is -0.388. The molecule has 1 aliphatic rings. The second-order valence-corrected chi connectivity index (χ2v) is 9.31. The molecule has 3 aromatic heterocycles. The largest absolute Gasteiger partial charge is 0.406 e. The predicted octanol–water partition coefficient (Wildman–Crippen LogP) is 0.385. The Morgan fingerprint density at radius 3 is 2.51 bits per heavy atom. The van der Waals surface area contributed by atoms with E-state index in [0.717, 1.165) is 5.56 Å². The molecule has 0 bridgehead atoms. The number of benzene rings is 1. The number of piperazine rings is 1. The van der Waals surface area contributed by atoms with E-state index in [9.17, 15) is 19.7 Å². The van der Waals surface area contributed by atoms with Crippen molar-refractivity contribution in [2.45, 2.75) is 32.9 Å². The van der Waals surface area contributed by atoms with Crippen molar-refractivity contribution in [3.63, 3.8) is 0 Å². The maximum Gasteiger partial charge on any atom is 0.406 e. The molecule has 1 aliphatic heterocycles. The fourth-order valence-corrected chi connectivity index (χ4v) is 4.94. The topological polar surface area (TPSA) is 187 Å². The minimum Gasteiger partial charge on any atom is -0.369 e. The first kappa shape index (κ1) is 26.0. The van der Waals surface area contributed by atoms with Crippen LogP contribution in [-0.2, 0) is 19.5 Å². The summed E-state index contributed by atoms with van der Waals surface area (Å²) in [6, 6.07) is 9.85. The molecule has 4 aromatic rings. The van der Waals surface area contributed by atoms with Gasteiger partial charge in [-0.3, -0.25) is 24.0 Å². The van der Waals surface area contributed by atoms with Gasteiger partial charge in [-0.2, -0.15) is 4.98 Å². The first-order chi connectivity index (χ1) is 18.9. The highest BCUT2D eigenvalue weighted by Crippen LogP contribution is 2.31. The molecule has 0 amide bonds. The Hall–Kier alpha value is -4.66. The maximum atomic E-state index is 12.4. The van der Waals surface area contributed by atoms with Crippen LogP contribution < -0.4 is 21.8 Å². The molecule has 0 spiro atoms. The van der Waals surface area contributed by atoms with Crippen molar-refractivity contribution in [2.24, 2.45) is 0 Å². The second kappa shape index (κ2) is 11.0. The van der Waals surface area contributed by atoms with Crippen LogP contribution in [0.4, 0.5) is 17.6 Å². The second-order valence-electron chi connectivity index (χ2n) is 9.31. The number of nitrogen functional groups attached to an aromatic ring is 1. The van der Waals surface area contributed by atoms with Gasteiger partial charge in [-0.05, 0) is 21.9 Å². The smallest absolute Gasteiger partial charge is 0.369 e. The number of aromatic nitrogens is 7. The summed E-state index contributed by atoms with van der Waals surface area (Å²) < 4.78 is 3.35. The van der Waals surface area contributed by atoms with E-state index in [2.05, 4.69) is 30.2 Å². The van der Waals surface area contributed by atoms with Crippen LogP contribution in [0.2, 0.25) is 0 Å². The number of H-pyrrole nitrogens is 1. The molecule has 0 saturated carbocycles. The number of fused-ring (bicyclic) bond motifs is 1. The zero-order chi connectivity index (χ0) is 27.5. The molecule has 5 rings (SSSR count). The quantitative estimate of drug-likeness (QED) is 0.223. The fourth-order valence-electron chi connectivity index (χ4n) is 4.94. The molecule has 15 nitrogen and oxygen atoms in total. The van der Waals surface area contributed by atoms with Crippen LogP contribution in [0.25, 0.3) is 11.0 Å². The van der Waals surface area contributed by atoms with Gasteiger partial charge < -0.3 is 20.7 Å². The van der Waals surface area contributed by atoms with Gasteiger partial charge in [-0.25, -0.2) is 4.68 Å². The molecule has 0 atom stereocenters. The lowest BCUT2D eigenvalue weighted by Gasteiger charge is -2.35. The van der Waals surface area contributed by atoms with Crippen LogP contribution in [-0.4, -0.2) is 77.1 Å². The number of aromatic amines is 1. The summed E-state index contributed by atoms with van der Waals surface area (Å²) in [5.74, 6) is 0.844. The van der Waals surface area contributed by atoms with Gasteiger partial charge in [0, 0.05) is 45.7 Å². The highest BCUT2D eigenvalue weighted by molar-refractivity contribution is 5.71. The van der Waals surface area contributed by atoms with Gasteiger partial charge in [-0.1, -0.05) is 42.5 Å². The van der Waals surface area contributed by atoms with Crippen LogP contribution in [0.15, 0.2) is 39.9 Å². The van der Waals surface area contributed by atoms with Crippen molar-refractivity contribution in [1.29, 1.82) is 0 Å². The van der Waals surface area contributed by atoms with Crippen molar-refractivity contribution in [2.75, 3.05) is 43.4 Å². The Morgan fingerprint density at radius 2 is 1.82 bits per heavy atom. The lowest BCUT2D eigenvalue weighted by Crippen LogP contribution is -2.47. The Kier molecular flexibility index (Phi) is 7.31. The molecule has 1 aromatic carbocycles. The van der Waals surface area contributed by atoms with Crippen molar-refractivity contribution >= 4 is 28.6 Å². The van der Waals surface area contributed by atoms with E-state index in [0.29, 0.717) is 70.3 Å². The number of rotatable bonds is 9. The van der Waals surface area contributed by atoms with Crippen LogP contribution in [0.3, 0.4) is 0 Å². The Balaban J connectivity index is 1.27. The summed E-state index contributed by atoms with van der Waals surface area (Å²) in [5.41, 5.74) is 5.21. The zero-order valence-corrected chi connectivity index (χ0v) is 21.5. The molecule has 15 heteroatoms. The number of hydrogen-bond donors (Lipinski definition) is 2. The summed E-state index contributed by atoms with van der Waals surface area (Å²) in [6.45, 7) is 6.16. The maximum absolute atomic E-state index is 12.4. The Bertz CT molecular complexity index is 1600. The summed E-state index contributed by atoms with van der Waals surface area (Å²) in [6.07, 6.45) is 1.24. The lowest BCUT2D eigenvalue weighted by atomic mass is 10.2. The van der Waals surface area contributed by atoms with Crippen molar-refractivity contribution < 1.29 is 4.92 Å². The number of aryl methyl sites for hydroxylation is 2. The molecular weight excluding hydrogens is 506 g/mol. The van der Waals surface area contributed by atoms with Crippen LogP contribution >= 0.6 is 0 Å². The first-order valence-corrected chi connectivity index (χ1v) is 12.7. The standard InChI is InChI=1S/C24H29N11O4/c1-2-17-26-20(35(38)39)23(33(17)15-16-7-4-3-5-8-16)32-13-11-31(12-14-32)9-6-10-34-19-18(29-30-34)21(36)27-24(25)28-22(19)37/h3-5,7-8H,2,6,9-15H2,1H3,(H3,25,27,28,36,37). The molecule has 4 heterocycles. The van der Waals surface area contributed by atoms with E-state index in [-0.39, 0.29) is 22.8 Å². The Morgan fingerprint density at radius 1 is 1.08 bits per heavy atom. The third-order valence-corrected chi connectivity index (χ3v) is 6.81. The Labute approximate surface area is 222 Å². The summed E-state index contributed by atoms with van der Waals surface area (Å²) in [7, 11) is 0. The third kappa shape index (κ3) is 5.34. The highest BCUT2D eigenvalue weighted by Gasteiger charge is 2.32. The van der Waals surface area contributed by atoms with E-state index >= 15 is 0 Å². The van der Waals surface area contributed by atoms with Crippen LogP contribution in [0.5, 0.6) is 0 Å². The third-order valence-electron chi connectivity index (χ3n) is 6.81. The van der Waals surface area contributed by atoms with Crippen molar-refractivity contribution in [1.82, 2.24) is 39.4 Å². The predicted molar refractivity (Wildman–Crippen MR) is 144 cm³/mol. The molecule has 1 saturated heterocycles. The zero-order valence-electron chi connectivity index (χ0n) is 21.5. The molecule has 3 N–H and O–H groups in total. The van der Waals surface area contributed by atoms with Crippen LogP contribution in [0.1, 0.15) is 24.7 Å².